The maximum absolute atomic E-state index is 12.6. The summed E-state index contributed by atoms with van der Waals surface area (Å²) in [5, 5.41) is 0.716. The summed E-state index contributed by atoms with van der Waals surface area (Å²) in [4.78, 5) is 19.6. The Hall–Kier alpha value is -1.95. The minimum Gasteiger partial charge on any atom is -0.462 e. The van der Waals surface area contributed by atoms with Crippen molar-refractivity contribution in [2.75, 3.05) is 19.6 Å². The number of benzene rings is 1. The SMILES string of the molecule is CC(C)[C@H]1CC[C@H](C)C[C@@H]1OC(=O)CCCN1CCC(O[C@H](c2ccc(Cl)cc2)c2ccccn2)CC1. The van der Waals surface area contributed by atoms with E-state index in [1.165, 1.54) is 12.8 Å². The number of hydrogen-bond donors (Lipinski definition) is 0. The van der Waals surface area contributed by atoms with Gasteiger partial charge in [0.15, 0.2) is 0 Å². The minimum atomic E-state index is -0.207. The van der Waals surface area contributed by atoms with Gasteiger partial charge in [-0.05, 0) is 86.2 Å². The topological polar surface area (TPSA) is 51.7 Å². The number of nitrogens with zero attached hydrogens (tertiary/aromatic N) is 2. The van der Waals surface area contributed by atoms with Gasteiger partial charge in [0, 0.05) is 30.7 Å². The molecule has 6 heteroatoms. The van der Waals surface area contributed by atoms with Crippen molar-refractivity contribution in [3.05, 3.63) is 64.9 Å². The summed E-state index contributed by atoms with van der Waals surface area (Å²) in [5.41, 5.74) is 1.98. The second-order valence-corrected chi connectivity index (χ2v) is 11.8. The van der Waals surface area contributed by atoms with E-state index in [4.69, 9.17) is 21.1 Å². The summed E-state index contributed by atoms with van der Waals surface area (Å²) in [5.74, 6) is 1.69. The van der Waals surface area contributed by atoms with E-state index in [1.54, 1.807) is 0 Å². The van der Waals surface area contributed by atoms with Gasteiger partial charge in [-0.1, -0.05) is 57.0 Å². The van der Waals surface area contributed by atoms with Crippen molar-refractivity contribution >= 4 is 17.6 Å². The average Bonchev–Trinajstić information content (AvgIpc) is 2.89. The van der Waals surface area contributed by atoms with E-state index >= 15 is 0 Å². The Morgan fingerprint density at radius 1 is 1.08 bits per heavy atom. The van der Waals surface area contributed by atoms with Gasteiger partial charge >= 0.3 is 5.97 Å². The summed E-state index contributed by atoms with van der Waals surface area (Å²) in [6.07, 6.45) is 8.60. The maximum Gasteiger partial charge on any atom is 0.306 e. The van der Waals surface area contributed by atoms with Crippen LogP contribution in [0.15, 0.2) is 48.7 Å². The highest BCUT2D eigenvalue weighted by Gasteiger charge is 2.33. The third-order valence-electron chi connectivity index (χ3n) is 8.09. The molecule has 0 amide bonds. The van der Waals surface area contributed by atoms with Crippen LogP contribution in [0, 0.1) is 17.8 Å². The van der Waals surface area contributed by atoms with Crippen molar-refractivity contribution in [3.63, 3.8) is 0 Å². The van der Waals surface area contributed by atoms with Crippen molar-refractivity contribution < 1.29 is 14.3 Å². The van der Waals surface area contributed by atoms with Crippen molar-refractivity contribution in [2.24, 2.45) is 17.8 Å². The van der Waals surface area contributed by atoms with Crippen LogP contribution in [0.25, 0.3) is 0 Å². The van der Waals surface area contributed by atoms with Crippen molar-refractivity contribution in [2.45, 2.75) is 84.0 Å². The van der Waals surface area contributed by atoms with Crippen LogP contribution in [0.5, 0.6) is 0 Å². The van der Waals surface area contributed by atoms with E-state index in [0.29, 0.717) is 29.2 Å². The predicted molar refractivity (Wildman–Crippen MR) is 149 cm³/mol. The largest absolute Gasteiger partial charge is 0.462 e. The van der Waals surface area contributed by atoms with Crippen LogP contribution in [-0.4, -0.2) is 47.7 Å². The zero-order valence-corrected chi connectivity index (χ0v) is 23.4. The summed E-state index contributed by atoms with van der Waals surface area (Å²) < 4.78 is 12.6. The maximum atomic E-state index is 12.6. The molecule has 0 radical (unpaired) electrons. The van der Waals surface area contributed by atoms with Crippen LogP contribution in [0.4, 0.5) is 0 Å². The molecule has 0 N–H and O–H groups in total. The van der Waals surface area contributed by atoms with Crippen LogP contribution in [-0.2, 0) is 14.3 Å². The lowest BCUT2D eigenvalue weighted by Gasteiger charge is -2.36. The molecule has 1 aromatic heterocycles. The fourth-order valence-corrected chi connectivity index (χ4v) is 6.00. The fourth-order valence-electron chi connectivity index (χ4n) is 5.87. The molecule has 202 valence electrons. The van der Waals surface area contributed by atoms with Gasteiger partial charge in [-0.25, -0.2) is 0 Å². The number of likely N-dealkylation sites (tertiary alicyclic amines) is 1. The third kappa shape index (κ3) is 8.27. The highest BCUT2D eigenvalue weighted by atomic mass is 35.5. The smallest absolute Gasteiger partial charge is 0.306 e. The van der Waals surface area contributed by atoms with Crippen LogP contribution in [0.1, 0.15) is 83.1 Å². The Morgan fingerprint density at radius 3 is 2.51 bits per heavy atom. The van der Waals surface area contributed by atoms with E-state index in [0.717, 1.165) is 56.6 Å². The molecule has 2 fully saturated rings. The Kier molecular flexibility index (Phi) is 10.4. The first-order chi connectivity index (χ1) is 17.9. The first-order valence-electron chi connectivity index (χ1n) is 14.1. The molecule has 1 aliphatic carbocycles. The van der Waals surface area contributed by atoms with Gasteiger partial charge < -0.3 is 14.4 Å². The summed E-state index contributed by atoms with van der Waals surface area (Å²) >= 11 is 6.11. The molecule has 2 aromatic rings. The number of carbonyl (C=O) groups excluding carboxylic acids is 1. The summed E-state index contributed by atoms with van der Waals surface area (Å²) in [6.45, 7) is 9.66. The van der Waals surface area contributed by atoms with Crippen molar-refractivity contribution in [3.8, 4) is 0 Å². The van der Waals surface area contributed by atoms with E-state index in [9.17, 15) is 4.79 Å². The fraction of sp³-hybridized carbons (Fsp3) is 0.613. The molecule has 0 bridgehead atoms. The molecular formula is C31H43ClN2O3. The number of halogens is 1. The monoisotopic (exact) mass is 526 g/mol. The normalized spacial score (nSPS) is 24.2. The van der Waals surface area contributed by atoms with E-state index in [2.05, 4.69) is 30.7 Å². The third-order valence-corrected chi connectivity index (χ3v) is 8.34. The van der Waals surface area contributed by atoms with Crippen LogP contribution < -0.4 is 0 Å². The van der Waals surface area contributed by atoms with Crippen molar-refractivity contribution in [1.82, 2.24) is 9.88 Å². The molecule has 5 nitrogen and oxygen atoms in total. The van der Waals surface area contributed by atoms with Crippen molar-refractivity contribution in [1.29, 1.82) is 0 Å². The summed E-state index contributed by atoms with van der Waals surface area (Å²) in [7, 11) is 0. The van der Waals surface area contributed by atoms with Gasteiger partial charge in [-0.15, -0.1) is 0 Å². The van der Waals surface area contributed by atoms with Crippen LogP contribution >= 0.6 is 11.6 Å². The molecule has 0 spiro atoms. The molecule has 1 aliphatic heterocycles. The number of ether oxygens (including phenoxy) is 2. The highest BCUT2D eigenvalue weighted by Crippen LogP contribution is 2.35. The molecule has 4 rings (SSSR count). The van der Waals surface area contributed by atoms with Gasteiger partial charge in [0.05, 0.1) is 11.8 Å². The van der Waals surface area contributed by atoms with E-state index in [1.807, 2.05) is 48.7 Å². The van der Waals surface area contributed by atoms with Gasteiger partial charge in [0.1, 0.15) is 12.2 Å². The number of rotatable bonds is 10. The lowest BCUT2D eigenvalue weighted by atomic mass is 9.75. The Labute approximate surface area is 227 Å². The minimum absolute atomic E-state index is 0.0239. The number of hydrogen-bond acceptors (Lipinski definition) is 5. The zero-order valence-electron chi connectivity index (χ0n) is 22.7. The van der Waals surface area contributed by atoms with Crippen LogP contribution in [0.2, 0.25) is 5.02 Å². The highest BCUT2D eigenvalue weighted by molar-refractivity contribution is 6.30. The first-order valence-corrected chi connectivity index (χ1v) is 14.5. The Morgan fingerprint density at radius 2 is 1.84 bits per heavy atom. The number of piperidine rings is 1. The van der Waals surface area contributed by atoms with Crippen LogP contribution in [0.3, 0.4) is 0 Å². The van der Waals surface area contributed by atoms with Gasteiger partial charge in [-0.2, -0.15) is 0 Å². The summed E-state index contributed by atoms with van der Waals surface area (Å²) in [6, 6.07) is 13.8. The van der Waals surface area contributed by atoms with Gasteiger partial charge in [0.25, 0.3) is 0 Å². The Bertz CT molecular complexity index is 960. The number of aromatic nitrogens is 1. The second kappa shape index (κ2) is 13.7. The quantitative estimate of drug-likeness (QED) is 0.309. The van der Waals surface area contributed by atoms with Gasteiger partial charge in [0.2, 0.25) is 0 Å². The first kappa shape index (κ1) is 28.1. The molecule has 2 heterocycles. The van der Waals surface area contributed by atoms with Gasteiger partial charge in [-0.3, -0.25) is 9.78 Å². The molecule has 2 aliphatic rings. The average molecular weight is 527 g/mol. The molecule has 4 atom stereocenters. The molecule has 1 aromatic carbocycles. The molecule has 37 heavy (non-hydrogen) atoms. The zero-order chi connectivity index (χ0) is 26.2. The second-order valence-electron chi connectivity index (χ2n) is 11.3. The number of carbonyl (C=O) groups is 1. The molecular weight excluding hydrogens is 484 g/mol. The number of esters is 1. The standard InChI is InChI=1S/C31H43ClN2O3/c1-22(2)27-14-9-23(3)21-29(27)37-30(35)8-6-18-34-19-15-26(16-20-34)36-31(28-7-4-5-17-33-28)24-10-12-25(32)13-11-24/h4-5,7,10-13,17,22-23,26-27,29,31H,6,8-9,14-16,18-21H2,1-3H3/t23-,27+,29-,31+/m0/s1. The number of pyridine rings is 1. The van der Waals surface area contributed by atoms with E-state index < -0.39 is 0 Å². The molecule has 1 saturated heterocycles. The Balaban J connectivity index is 1.21. The lowest BCUT2D eigenvalue weighted by Crippen LogP contribution is -2.38. The predicted octanol–water partition coefficient (Wildman–Crippen LogP) is 7.09. The molecule has 1 saturated carbocycles. The lowest BCUT2D eigenvalue weighted by molar-refractivity contribution is -0.156. The van der Waals surface area contributed by atoms with E-state index in [-0.39, 0.29) is 24.3 Å². The molecule has 0 unspecified atom stereocenters.